The molecule has 1 rings (SSSR count). The molecular formula is C11H19NO4. The Morgan fingerprint density at radius 3 is 2.56 bits per heavy atom. The fraction of sp³-hybridized carbons (Fsp3) is 0.818. The second-order valence-corrected chi connectivity index (χ2v) is 4.27. The summed E-state index contributed by atoms with van der Waals surface area (Å²) in [4.78, 5) is 22.3. The molecule has 0 bridgehead atoms. The number of carboxylic acids is 1. The molecule has 0 atom stereocenters. The molecule has 0 unspecified atom stereocenters. The molecule has 16 heavy (non-hydrogen) atoms. The molecule has 1 aliphatic carbocycles. The van der Waals surface area contributed by atoms with Crippen LogP contribution in [0.3, 0.4) is 0 Å². The van der Waals surface area contributed by atoms with E-state index >= 15 is 0 Å². The Morgan fingerprint density at radius 2 is 2.12 bits per heavy atom. The van der Waals surface area contributed by atoms with E-state index in [0.29, 0.717) is 19.4 Å². The molecule has 1 fully saturated rings. The monoisotopic (exact) mass is 229 g/mol. The molecule has 0 aromatic rings. The SMILES string of the molecule is CCCOCC(=O)NCC1(C(=O)O)CCC1. The van der Waals surface area contributed by atoms with Crippen LogP contribution in [-0.2, 0) is 14.3 Å². The first-order valence-corrected chi connectivity index (χ1v) is 5.68. The zero-order valence-electron chi connectivity index (χ0n) is 9.62. The van der Waals surface area contributed by atoms with E-state index in [4.69, 9.17) is 9.84 Å². The molecule has 0 aromatic heterocycles. The summed E-state index contributed by atoms with van der Waals surface area (Å²) in [6.07, 6.45) is 3.09. The highest BCUT2D eigenvalue weighted by molar-refractivity contribution is 5.80. The summed E-state index contributed by atoms with van der Waals surface area (Å²) in [6, 6.07) is 0. The Kier molecular flexibility index (Phi) is 4.73. The Morgan fingerprint density at radius 1 is 1.44 bits per heavy atom. The second kappa shape index (κ2) is 5.84. The zero-order chi connectivity index (χ0) is 12.0. The summed E-state index contributed by atoms with van der Waals surface area (Å²) >= 11 is 0. The highest BCUT2D eigenvalue weighted by Crippen LogP contribution is 2.40. The van der Waals surface area contributed by atoms with Gasteiger partial charge in [0.2, 0.25) is 5.91 Å². The molecule has 1 amide bonds. The Bertz CT molecular complexity index is 261. The van der Waals surface area contributed by atoms with Crippen molar-refractivity contribution in [3.05, 3.63) is 0 Å². The van der Waals surface area contributed by atoms with Gasteiger partial charge in [0.25, 0.3) is 0 Å². The van der Waals surface area contributed by atoms with Gasteiger partial charge in [0.05, 0.1) is 5.41 Å². The van der Waals surface area contributed by atoms with Crippen molar-refractivity contribution in [1.82, 2.24) is 5.32 Å². The number of ether oxygens (including phenoxy) is 1. The molecule has 0 aromatic carbocycles. The van der Waals surface area contributed by atoms with Gasteiger partial charge in [-0.05, 0) is 19.3 Å². The molecule has 5 heteroatoms. The van der Waals surface area contributed by atoms with Gasteiger partial charge in [-0.15, -0.1) is 0 Å². The van der Waals surface area contributed by atoms with E-state index in [1.54, 1.807) is 0 Å². The fourth-order valence-electron chi connectivity index (χ4n) is 1.70. The lowest BCUT2D eigenvalue weighted by Gasteiger charge is -2.37. The Labute approximate surface area is 95.2 Å². The van der Waals surface area contributed by atoms with E-state index < -0.39 is 11.4 Å². The van der Waals surface area contributed by atoms with Crippen molar-refractivity contribution < 1.29 is 19.4 Å². The van der Waals surface area contributed by atoms with Gasteiger partial charge in [0.15, 0.2) is 0 Å². The van der Waals surface area contributed by atoms with Crippen LogP contribution in [0.5, 0.6) is 0 Å². The van der Waals surface area contributed by atoms with Gasteiger partial charge in [0.1, 0.15) is 6.61 Å². The summed E-state index contributed by atoms with van der Waals surface area (Å²) in [5, 5.41) is 11.6. The summed E-state index contributed by atoms with van der Waals surface area (Å²) in [6.45, 7) is 2.75. The zero-order valence-corrected chi connectivity index (χ0v) is 9.62. The molecule has 0 radical (unpaired) electrons. The third kappa shape index (κ3) is 3.20. The van der Waals surface area contributed by atoms with Gasteiger partial charge >= 0.3 is 5.97 Å². The van der Waals surface area contributed by atoms with Crippen LogP contribution in [0, 0.1) is 5.41 Å². The molecule has 0 saturated heterocycles. The molecule has 2 N–H and O–H groups in total. The molecule has 92 valence electrons. The maximum atomic E-state index is 11.3. The van der Waals surface area contributed by atoms with Crippen LogP contribution in [0.2, 0.25) is 0 Å². The molecule has 1 saturated carbocycles. The van der Waals surface area contributed by atoms with Gasteiger partial charge in [0, 0.05) is 13.2 Å². The van der Waals surface area contributed by atoms with E-state index in [1.165, 1.54) is 0 Å². The number of hydrogen-bond donors (Lipinski definition) is 2. The number of hydrogen-bond acceptors (Lipinski definition) is 3. The number of aliphatic carboxylic acids is 1. The average Bonchev–Trinajstić information content (AvgIpc) is 2.16. The van der Waals surface area contributed by atoms with Gasteiger partial charge in [-0.1, -0.05) is 13.3 Å². The summed E-state index contributed by atoms with van der Waals surface area (Å²) in [5.74, 6) is -1.05. The molecular weight excluding hydrogens is 210 g/mol. The van der Waals surface area contributed by atoms with Crippen LogP contribution in [0.25, 0.3) is 0 Å². The lowest BCUT2D eigenvalue weighted by atomic mass is 9.69. The molecule has 0 heterocycles. The van der Waals surface area contributed by atoms with Crippen LogP contribution in [-0.4, -0.2) is 36.7 Å². The van der Waals surface area contributed by atoms with E-state index in [-0.39, 0.29) is 19.1 Å². The number of carbonyl (C=O) groups is 2. The van der Waals surface area contributed by atoms with Crippen molar-refractivity contribution in [3.63, 3.8) is 0 Å². The summed E-state index contributed by atoms with van der Waals surface area (Å²) in [5.41, 5.74) is -0.722. The maximum absolute atomic E-state index is 11.3. The average molecular weight is 229 g/mol. The van der Waals surface area contributed by atoms with Crippen molar-refractivity contribution in [2.75, 3.05) is 19.8 Å². The number of nitrogens with one attached hydrogen (secondary N) is 1. The number of amides is 1. The van der Waals surface area contributed by atoms with Crippen LogP contribution in [0.15, 0.2) is 0 Å². The lowest BCUT2D eigenvalue weighted by molar-refractivity contribution is -0.154. The fourth-order valence-corrected chi connectivity index (χ4v) is 1.70. The van der Waals surface area contributed by atoms with Crippen LogP contribution >= 0.6 is 0 Å². The quantitative estimate of drug-likeness (QED) is 0.633. The first-order chi connectivity index (χ1) is 7.60. The molecule has 5 nitrogen and oxygen atoms in total. The van der Waals surface area contributed by atoms with Crippen molar-refractivity contribution in [3.8, 4) is 0 Å². The second-order valence-electron chi connectivity index (χ2n) is 4.27. The number of carbonyl (C=O) groups excluding carboxylic acids is 1. The Hall–Kier alpha value is -1.10. The minimum absolute atomic E-state index is 0.0174. The van der Waals surface area contributed by atoms with E-state index in [9.17, 15) is 9.59 Å². The van der Waals surface area contributed by atoms with Crippen LogP contribution in [0.4, 0.5) is 0 Å². The molecule has 0 spiro atoms. The van der Waals surface area contributed by atoms with Crippen molar-refractivity contribution >= 4 is 11.9 Å². The lowest BCUT2D eigenvalue weighted by Crippen LogP contribution is -2.48. The van der Waals surface area contributed by atoms with E-state index in [2.05, 4.69) is 5.32 Å². The van der Waals surface area contributed by atoms with Crippen LogP contribution < -0.4 is 5.32 Å². The predicted octanol–water partition coefficient (Wildman–Crippen LogP) is 0.784. The minimum Gasteiger partial charge on any atom is -0.481 e. The van der Waals surface area contributed by atoms with Gasteiger partial charge in [-0.25, -0.2) is 0 Å². The standard InChI is InChI=1S/C11H19NO4/c1-2-6-16-7-9(13)12-8-11(10(14)15)4-3-5-11/h2-8H2,1H3,(H,12,13)(H,14,15). The van der Waals surface area contributed by atoms with E-state index in [0.717, 1.165) is 12.8 Å². The van der Waals surface area contributed by atoms with Gasteiger partial charge < -0.3 is 15.2 Å². The van der Waals surface area contributed by atoms with Gasteiger partial charge in [-0.3, -0.25) is 9.59 Å². The molecule has 1 aliphatic rings. The number of rotatable bonds is 7. The highest BCUT2D eigenvalue weighted by Gasteiger charge is 2.44. The first-order valence-electron chi connectivity index (χ1n) is 5.68. The van der Waals surface area contributed by atoms with Crippen LogP contribution in [0.1, 0.15) is 32.6 Å². The third-order valence-electron chi connectivity index (χ3n) is 2.97. The first kappa shape index (κ1) is 13.0. The minimum atomic E-state index is -0.812. The van der Waals surface area contributed by atoms with Crippen molar-refractivity contribution in [2.45, 2.75) is 32.6 Å². The smallest absolute Gasteiger partial charge is 0.311 e. The van der Waals surface area contributed by atoms with Gasteiger partial charge in [-0.2, -0.15) is 0 Å². The molecule has 0 aliphatic heterocycles. The van der Waals surface area contributed by atoms with E-state index in [1.807, 2.05) is 6.92 Å². The predicted molar refractivity (Wildman–Crippen MR) is 58.0 cm³/mol. The normalized spacial score (nSPS) is 17.6. The van der Waals surface area contributed by atoms with Crippen molar-refractivity contribution in [2.24, 2.45) is 5.41 Å². The third-order valence-corrected chi connectivity index (χ3v) is 2.97. The highest BCUT2D eigenvalue weighted by atomic mass is 16.5. The topological polar surface area (TPSA) is 75.6 Å². The van der Waals surface area contributed by atoms with Crippen molar-refractivity contribution in [1.29, 1.82) is 0 Å². The Balaban J connectivity index is 2.22. The maximum Gasteiger partial charge on any atom is 0.311 e. The summed E-state index contributed by atoms with van der Waals surface area (Å²) in [7, 11) is 0. The number of carboxylic acid groups (broad SMARTS) is 1. The summed E-state index contributed by atoms with van der Waals surface area (Å²) < 4.78 is 5.06. The largest absolute Gasteiger partial charge is 0.481 e.